The second-order valence-electron chi connectivity index (χ2n) is 6.10. The highest BCUT2D eigenvalue weighted by Gasteiger charge is 2.48. The zero-order valence-corrected chi connectivity index (χ0v) is 12.0. The highest BCUT2D eigenvalue weighted by molar-refractivity contribution is 5.70. The van der Waals surface area contributed by atoms with Gasteiger partial charge in [-0.25, -0.2) is 4.79 Å². The summed E-state index contributed by atoms with van der Waals surface area (Å²) in [6, 6.07) is -0.181. The van der Waals surface area contributed by atoms with E-state index in [2.05, 4.69) is 0 Å². The minimum Gasteiger partial charge on any atom is -0.444 e. The maximum absolute atomic E-state index is 12.2. The molecule has 0 radical (unpaired) electrons. The first kappa shape index (κ1) is 15.0. The van der Waals surface area contributed by atoms with Crippen molar-refractivity contribution in [2.24, 2.45) is 0 Å². The number of hydrogen-bond donors (Lipinski definition) is 0. The number of aldehydes is 1. The molecule has 1 aliphatic heterocycles. The van der Waals surface area contributed by atoms with Gasteiger partial charge < -0.3 is 14.3 Å². The summed E-state index contributed by atoms with van der Waals surface area (Å²) in [4.78, 5) is 24.3. The highest BCUT2D eigenvalue weighted by atomic mass is 16.6. The molecule has 0 saturated carbocycles. The van der Waals surface area contributed by atoms with Crippen molar-refractivity contribution < 1.29 is 19.1 Å². The SMILES string of the molecule is C[C@@H]1[C@H](CC=O)OC(C)(C)N1C(=O)OC(C)(C)C. The summed E-state index contributed by atoms with van der Waals surface area (Å²) in [5.41, 5.74) is -1.30. The topological polar surface area (TPSA) is 55.8 Å². The second-order valence-corrected chi connectivity index (χ2v) is 6.10. The van der Waals surface area contributed by atoms with Crippen molar-refractivity contribution in [3.8, 4) is 0 Å². The average molecular weight is 257 g/mol. The van der Waals surface area contributed by atoms with Gasteiger partial charge in [0.2, 0.25) is 0 Å². The Kier molecular flexibility index (Phi) is 4.05. The van der Waals surface area contributed by atoms with E-state index in [9.17, 15) is 9.59 Å². The normalized spacial score (nSPS) is 27.1. The van der Waals surface area contributed by atoms with Crippen LogP contribution in [0.1, 0.15) is 48.0 Å². The Morgan fingerprint density at radius 3 is 2.44 bits per heavy atom. The minimum absolute atomic E-state index is 0.181. The van der Waals surface area contributed by atoms with Crippen LogP contribution in [0.5, 0.6) is 0 Å². The van der Waals surface area contributed by atoms with E-state index >= 15 is 0 Å². The lowest BCUT2D eigenvalue weighted by molar-refractivity contribution is -0.112. The first-order valence-corrected chi connectivity index (χ1v) is 6.22. The molecule has 18 heavy (non-hydrogen) atoms. The van der Waals surface area contributed by atoms with Crippen LogP contribution in [0.15, 0.2) is 0 Å². The van der Waals surface area contributed by atoms with Gasteiger partial charge in [-0.3, -0.25) is 4.90 Å². The molecule has 5 nitrogen and oxygen atoms in total. The van der Waals surface area contributed by atoms with Gasteiger partial charge in [-0.15, -0.1) is 0 Å². The first-order valence-electron chi connectivity index (χ1n) is 6.22. The third-order valence-electron chi connectivity index (χ3n) is 2.88. The molecule has 1 rings (SSSR count). The van der Waals surface area contributed by atoms with Crippen LogP contribution < -0.4 is 0 Å². The summed E-state index contributed by atoms with van der Waals surface area (Å²) in [5.74, 6) is 0. The molecule has 0 aliphatic carbocycles. The Morgan fingerprint density at radius 2 is 2.00 bits per heavy atom. The molecular weight excluding hydrogens is 234 g/mol. The van der Waals surface area contributed by atoms with Gasteiger partial charge in [-0.2, -0.15) is 0 Å². The Hall–Kier alpha value is -1.10. The van der Waals surface area contributed by atoms with E-state index in [0.717, 1.165) is 6.29 Å². The summed E-state index contributed by atoms with van der Waals surface area (Å²) in [6.07, 6.45) is 0.415. The molecule has 104 valence electrons. The Bertz CT molecular complexity index is 332. The standard InChI is InChI=1S/C13H23NO4/c1-9-10(7-8-15)17-13(5,6)14(9)11(16)18-12(2,3)4/h8-10H,7H2,1-6H3/t9-,10+/m1/s1. The fourth-order valence-electron chi connectivity index (χ4n) is 2.22. The lowest BCUT2D eigenvalue weighted by Crippen LogP contribution is -2.49. The molecule has 2 atom stereocenters. The summed E-state index contributed by atoms with van der Waals surface area (Å²) in [5, 5.41) is 0. The maximum atomic E-state index is 12.2. The van der Waals surface area contributed by atoms with E-state index in [1.54, 1.807) is 18.7 Å². The van der Waals surface area contributed by atoms with Crippen LogP contribution in [0, 0.1) is 0 Å². The van der Waals surface area contributed by atoms with Gasteiger partial charge in [0.15, 0.2) is 0 Å². The van der Waals surface area contributed by atoms with E-state index in [1.165, 1.54) is 0 Å². The number of hydrogen-bond acceptors (Lipinski definition) is 4. The largest absolute Gasteiger partial charge is 0.444 e. The van der Waals surface area contributed by atoms with Crippen LogP contribution in [-0.4, -0.2) is 40.8 Å². The molecule has 0 aromatic heterocycles. The number of amides is 1. The second kappa shape index (κ2) is 4.88. The van der Waals surface area contributed by atoms with Crippen molar-refractivity contribution in [2.75, 3.05) is 0 Å². The molecule has 0 spiro atoms. The van der Waals surface area contributed by atoms with Gasteiger partial charge in [0.05, 0.1) is 12.1 Å². The molecule has 0 N–H and O–H groups in total. The highest BCUT2D eigenvalue weighted by Crippen LogP contribution is 2.34. The molecule has 0 aromatic carbocycles. The summed E-state index contributed by atoms with van der Waals surface area (Å²) >= 11 is 0. The van der Waals surface area contributed by atoms with Crippen molar-refractivity contribution >= 4 is 12.4 Å². The van der Waals surface area contributed by atoms with E-state index < -0.39 is 17.4 Å². The minimum atomic E-state index is -0.755. The lowest BCUT2D eigenvalue weighted by atomic mass is 10.1. The van der Waals surface area contributed by atoms with Crippen LogP contribution in [0.25, 0.3) is 0 Å². The van der Waals surface area contributed by atoms with Gasteiger partial charge in [-0.1, -0.05) is 0 Å². The van der Waals surface area contributed by atoms with Gasteiger partial charge in [0, 0.05) is 6.42 Å². The van der Waals surface area contributed by atoms with Gasteiger partial charge in [-0.05, 0) is 41.5 Å². The smallest absolute Gasteiger partial charge is 0.412 e. The first-order chi connectivity index (χ1) is 8.08. The van der Waals surface area contributed by atoms with Crippen molar-refractivity contribution in [1.29, 1.82) is 0 Å². The Labute approximate surface area is 108 Å². The van der Waals surface area contributed by atoms with E-state index in [4.69, 9.17) is 9.47 Å². The molecule has 1 heterocycles. The van der Waals surface area contributed by atoms with Gasteiger partial charge in [0.1, 0.15) is 17.6 Å². The predicted molar refractivity (Wildman–Crippen MR) is 67.2 cm³/mol. The molecule has 5 heteroatoms. The van der Waals surface area contributed by atoms with E-state index in [0.29, 0.717) is 0 Å². The van der Waals surface area contributed by atoms with E-state index in [-0.39, 0.29) is 18.6 Å². The van der Waals surface area contributed by atoms with E-state index in [1.807, 2.05) is 27.7 Å². The molecule has 1 amide bonds. The molecule has 0 bridgehead atoms. The molecule has 0 aromatic rings. The maximum Gasteiger partial charge on any atom is 0.412 e. The number of carbonyl (C=O) groups is 2. The fraction of sp³-hybridized carbons (Fsp3) is 0.846. The fourth-order valence-corrected chi connectivity index (χ4v) is 2.22. The molecule has 1 aliphatic rings. The number of rotatable bonds is 2. The average Bonchev–Trinajstić information content (AvgIpc) is 2.34. The lowest BCUT2D eigenvalue weighted by Gasteiger charge is -2.34. The quantitative estimate of drug-likeness (QED) is 0.712. The van der Waals surface area contributed by atoms with Crippen LogP contribution in [0.3, 0.4) is 0 Å². The van der Waals surface area contributed by atoms with Crippen LogP contribution in [0.2, 0.25) is 0 Å². The van der Waals surface area contributed by atoms with Gasteiger partial charge in [0.25, 0.3) is 0 Å². The van der Waals surface area contributed by atoms with Crippen molar-refractivity contribution in [1.82, 2.24) is 4.90 Å². The van der Waals surface area contributed by atoms with Gasteiger partial charge >= 0.3 is 6.09 Å². The van der Waals surface area contributed by atoms with Crippen molar-refractivity contribution in [3.05, 3.63) is 0 Å². The van der Waals surface area contributed by atoms with Crippen LogP contribution in [0.4, 0.5) is 4.79 Å². The molecular formula is C13H23NO4. The van der Waals surface area contributed by atoms with Crippen LogP contribution >= 0.6 is 0 Å². The molecule has 1 fully saturated rings. The Balaban J connectivity index is 2.86. The molecule has 0 unspecified atom stereocenters. The number of carbonyl (C=O) groups excluding carboxylic acids is 2. The Morgan fingerprint density at radius 1 is 1.44 bits per heavy atom. The predicted octanol–water partition coefficient (Wildman–Crippen LogP) is 2.34. The monoisotopic (exact) mass is 257 g/mol. The zero-order chi connectivity index (χ0) is 14.1. The number of ether oxygens (including phenoxy) is 2. The molecule has 1 saturated heterocycles. The number of nitrogens with zero attached hydrogens (tertiary/aromatic N) is 1. The third-order valence-corrected chi connectivity index (χ3v) is 2.88. The summed E-state index contributed by atoms with van der Waals surface area (Å²) in [7, 11) is 0. The summed E-state index contributed by atoms with van der Waals surface area (Å²) in [6.45, 7) is 10.9. The van der Waals surface area contributed by atoms with Crippen molar-refractivity contribution in [2.45, 2.75) is 71.4 Å². The summed E-state index contributed by atoms with van der Waals surface area (Å²) < 4.78 is 11.1. The van der Waals surface area contributed by atoms with Crippen molar-refractivity contribution in [3.63, 3.8) is 0 Å². The third kappa shape index (κ3) is 3.22. The zero-order valence-electron chi connectivity index (χ0n) is 12.0. The van der Waals surface area contributed by atoms with Crippen LogP contribution in [-0.2, 0) is 14.3 Å².